The molecule has 0 unspecified atom stereocenters. The molecule has 0 saturated heterocycles. The van der Waals surface area contributed by atoms with E-state index in [2.05, 4.69) is 174 Å². The zero-order chi connectivity index (χ0) is 28.3. The van der Waals surface area contributed by atoms with E-state index in [0.29, 0.717) is 0 Å². The van der Waals surface area contributed by atoms with Gasteiger partial charge in [-0.3, -0.25) is 0 Å². The van der Waals surface area contributed by atoms with E-state index in [0.717, 1.165) is 0 Å². The molecule has 0 fully saturated rings. The molecule has 0 bridgehead atoms. The van der Waals surface area contributed by atoms with Crippen molar-refractivity contribution in [2.75, 3.05) is 9.71 Å². The lowest BCUT2D eigenvalue weighted by molar-refractivity contribution is 1.27. The predicted molar refractivity (Wildman–Crippen MR) is 183 cm³/mol. The number of fused-ring (bicyclic) bond motifs is 5. The molecule has 0 amide bonds. The Balaban J connectivity index is 1.40. The molecule has 2 nitrogen and oxygen atoms in total. The Labute approximate surface area is 252 Å². The fraction of sp³-hybridized carbons (Fsp3) is 0. The highest BCUT2D eigenvalue weighted by atomic mass is 15.2. The molecule has 2 aliphatic heterocycles. The number of anilines is 5. The summed E-state index contributed by atoms with van der Waals surface area (Å²) in [7, 11) is 0. The number of hydrogen-bond acceptors (Lipinski definition) is 2. The van der Waals surface area contributed by atoms with Crippen LogP contribution in [0.1, 0.15) is 0 Å². The molecule has 0 aromatic heterocycles. The standard InChI is InChI=1S/C40H27BN2/c1-3-14-28(15-4-1)34-26-29-16-7-8-17-30(29)27-39(34)43-36-23-11-9-20-32(36)33-21-13-25-38-40(33)41(43)35-22-10-12-24-37(35)42(38)31-18-5-2-6-19-31/h1-27H. The number of benzene rings is 7. The molecule has 43 heavy (non-hydrogen) atoms. The first-order valence-electron chi connectivity index (χ1n) is 14.9. The SMILES string of the molecule is c1ccc(-c2cc3ccccc3cc2N2B3c4ccccc4N(c4ccccc4)c4cccc(c43)-c3ccccc32)cc1. The topological polar surface area (TPSA) is 6.48 Å². The van der Waals surface area contributed by atoms with Gasteiger partial charge >= 0.3 is 6.85 Å². The van der Waals surface area contributed by atoms with Crippen molar-refractivity contribution in [3.8, 4) is 22.3 Å². The van der Waals surface area contributed by atoms with Crippen LogP contribution >= 0.6 is 0 Å². The van der Waals surface area contributed by atoms with E-state index in [4.69, 9.17) is 0 Å². The summed E-state index contributed by atoms with van der Waals surface area (Å²) >= 11 is 0. The van der Waals surface area contributed by atoms with E-state index < -0.39 is 0 Å². The molecule has 7 aromatic carbocycles. The van der Waals surface area contributed by atoms with Gasteiger partial charge in [-0.05, 0) is 75.3 Å². The lowest BCUT2D eigenvalue weighted by Gasteiger charge is -2.46. The van der Waals surface area contributed by atoms with Gasteiger partial charge in [-0.15, -0.1) is 0 Å². The minimum absolute atomic E-state index is 0.000821. The molecule has 2 aliphatic rings. The molecule has 0 saturated carbocycles. The van der Waals surface area contributed by atoms with Crippen LogP contribution < -0.4 is 20.6 Å². The van der Waals surface area contributed by atoms with Crippen LogP contribution in [0.15, 0.2) is 164 Å². The second-order valence-electron chi connectivity index (χ2n) is 11.3. The van der Waals surface area contributed by atoms with Crippen molar-refractivity contribution in [3.05, 3.63) is 164 Å². The van der Waals surface area contributed by atoms with Crippen LogP contribution in [0.25, 0.3) is 33.0 Å². The van der Waals surface area contributed by atoms with Crippen molar-refractivity contribution in [1.82, 2.24) is 0 Å². The first kappa shape index (κ1) is 24.1. The normalized spacial score (nSPS) is 13.0. The Morgan fingerprint density at radius 1 is 0.395 bits per heavy atom. The number of rotatable bonds is 3. The summed E-state index contributed by atoms with van der Waals surface area (Å²) in [5.41, 5.74) is 13.7. The molecular formula is C40H27BN2. The van der Waals surface area contributed by atoms with E-state index in [9.17, 15) is 0 Å². The van der Waals surface area contributed by atoms with E-state index in [-0.39, 0.29) is 6.85 Å². The van der Waals surface area contributed by atoms with Gasteiger partial charge in [-0.25, -0.2) is 0 Å². The van der Waals surface area contributed by atoms with Crippen molar-refractivity contribution in [3.63, 3.8) is 0 Å². The minimum atomic E-state index is 0.000821. The summed E-state index contributed by atoms with van der Waals surface area (Å²) in [5, 5.41) is 2.49. The fourth-order valence-corrected chi connectivity index (χ4v) is 7.20. The molecule has 0 aliphatic carbocycles. The summed E-state index contributed by atoms with van der Waals surface area (Å²) in [6, 6.07) is 59.8. The van der Waals surface area contributed by atoms with Crippen LogP contribution in [0.4, 0.5) is 28.4 Å². The Morgan fingerprint density at radius 2 is 1.00 bits per heavy atom. The summed E-state index contributed by atoms with van der Waals surface area (Å²) in [6.07, 6.45) is 0. The molecule has 2 heterocycles. The lowest BCUT2D eigenvalue weighted by Crippen LogP contribution is -2.61. The van der Waals surface area contributed by atoms with E-state index in [1.807, 2.05) is 0 Å². The van der Waals surface area contributed by atoms with Gasteiger partial charge in [0, 0.05) is 39.6 Å². The molecule has 0 atom stereocenters. The fourth-order valence-electron chi connectivity index (χ4n) is 7.20. The van der Waals surface area contributed by atoms with Crippen LogP contribution in [0.5, 0.6) is 0 Å². The van der Waals surface area contributed by atoms with Gasteiger partial charge in [0.05, 0.1) is 0 Å². The van der Waals surface area contributed by atoms with E-state index >= 15 is 0 Å². The highest BCUT2D eigenvalue weighted by Crippen LogP contribution is 2.48. The van der Waals surface area contributed by atoms with Crippen molar-refractivity contribution >= 4 is 57.0 Å². The van der Waals surface area contributed by atoms with Crippen LogP contribution in [-0.4, -0.2) is 6.85 Å². The number of hydrogen-bond donors (Lipinski definition) is 0. The summed E-state index contributed by atoms with van der Waals surface area (Å²) < 4.78 is 0. The summed E-state index contributed by atoms with van der Waals surface area (Å²) in [4.78, 5) is 5.05. The van der Waals surface area contributed by atoms with Crippen LogP contribution in [0.3, 0.4) is 0 Å². The highest BCUT2D eigenvalue weighted by Gasteiger charge is 2.45. The molecule has 200 valence electrons. The maximum Gasteiger partial charge on any atom is 0.333 e. The third-order valence-electron chi connectivity index (χ3n) is 9.00. The third kappa shape index (κ3) is 3.61. The highest BCUT2D eigenvalue weighted by molar-refractivity contribution is 6.93. The first-order chi connectivity index (χ1) is 21.4. The molecule has 0 spiro atoms. The zero-order valence-electron chi connectivity index (χ0n) is 23.6. The molecule has 0 radical (unpaired) electrons. The Morgan fingerprint density at radius 3 is 1.81 bits per heavy atom. The summed E-state index contributed by atoms with van der Waals surface area (Å²) in [6.45, 7) is 0.000821. The average Bonchev–Trinajstić information content (AvgIpc) is 3.08. The predicted octanol–water partition coefficient (Wildman–Crippen LogP) is 9.21. The van der Waals surface area contributed by atoms with Gasteiger partial charge in [0.15, 0.2) is 0 Å². The molecular weight excluding hydrogens is 519 g/mol. The van der Waals surface area contributed by atoms with Gasteiger partial charge in [-0.2, -0.15) is 0 Å². The smallest absolute Gasteiger partial charge is 0.333 e. The largest absolute Gasteiger partial charge is 0.376 e. The maximum absolute atomic E-state index is 2.61. The monoisotopic (exact) mass is 546 g/mol. The first-order valence-corrected chi connectivity index (χ1v) is 14.9. The lowest BCUT2D eigenvalue weighted by atomic mass is 9.43. The Bertz CT molecular complexity index is 2160. The number of nitrogens with zero attached hydrogens (tertiary/aromatic N) is 2. The van der Waals surface area contributed by atoms with Crippen LogP contribution in [-0.2, 0) is 0 Å². The molecule has 3 heteroatoms. The van der Waals surface area contributed by atoms with Crippen molar-refractivity contribution < 1.29 is 0 Å². The van der Waals surface area contributed by atoms with Gasteiger partial charge in [0.1, 0.15) is 0 Å². The quantitative estimate of drug-likeness (QED) is 0.204. The molecule has 9 rings (SSSR count). The van der Waals surface area contributed by atoms with Crippen LogP contribution in [0, 0.1) is 0 Å². The van der Waals surface area contributed by atoms with Crippen molar-refractivity contribution in [2.24, 2.45) is 0 Å². The van der Waals surface area contributed by atoms with Gasteiger partial charge in [-0.1, -0.05) is 121 Å². The zero-order valence-corrected chi connectivity index (χ0v) is 23.6. The number of para-hydroxylation sites is 3. The minimum Gasteiger partial charge on any atom is -0.376 e. The second kappa shape index (κ2) is 9.50. The Kier molecular flexibility index (Phi) is 5.33. The molecule has 7 aromatic rings. The molecule has 0 N–H and O–H groups in total. The third-order valence-corrected chi connectivity index (χ3v) is 9.00. The Hall–Kier alpha value is -5.54. The van der Waals surface area contributed by atoms with Crippen LogP contribution in [0.2, 0.25) is 0 Å². The van der Waals surface area contributed by atoms with E-state index in [1.54, 1.807) is 0 Å². The van der Waals surface area contributed by atoms with Crippen molar-refractivity contribution in [1.29, 1.82) is 0 Å². The average molecular weight is 546 g/mol. The summed E-state index contributed by atoms with van der Waals surface area (Å²) in [5.74, 6) is 0. The van der Waals surface area contributed by atoms with Gasteiger partial charge in [0.2, 0.25) is 0 Å². The maximum atomic E-state index is 2.61. The van der Waals surface area contributed by atoms with Gasteiger partial charge < -0.3 is 9.71 Å². The van der Waals surface area contributed by atoms with E-state index in [1.165, 1.54) is 72.4 Å². The van der Waals surface area contributed by atoms with Gasteiger partial charge in [0.25, 0.3) is 0 Å². The second-order valence-corrected chi connectivity index (χ2v) is 11.3. The van der Waals surface area contributed by atoms with Crippen molar-refractivity contribution in [2.45, 2.75) is 0 Å².